The lowest BCUT2D eigenvalue weighted by molar-refractivity contribution is -0.138. The molecule has 5 heteroatoms. The Balaban J connectivity index is 2.47. The highest BCUT2D eigenvalue weighted by atomic mass is 16.5. The quantitative estimate of drug-likeness (QED) is 0.856. The van der Waals surface area contributed by atoms with Crippen molar-refractivity contribution in [1.82, 2.24) is 5.32 Å². The maximum absolute atomic E-state index is 12.2. The lowest BCUT2D eigenvalue weighted by Crippen LogP contribution is -2.35. The fourth-order valence-corrected chi connectivity index (χ4v) is 2.07. The van der Waals surface area contributed by atoms with Crippen LogP contribution in [-0.2, 0) is 14.3 Å². The van der Waals surface area contributed by atoms with E-state index in [1.165, 1.54) is 7.11 Å². The molecule has 0 radical (unpaired) electrons. The van der Waals surface area contributed by atoms with Gasteiger partial charge in [0.2, 0.25) is 0 Å². The Kier molecular flexibility index (Phi) is 4.40. The molecular weight excluding hydrogens is 256 g/mol. The number of rotatable bonds is 3. The van der Waals surface area contributed by atoms with Gasteiger partial charge >= 0.3 is 5.97 Å². The highest BCUT2D eigenvalue weighted by Gasteiger charge is 2.28. The maximum atomic E-state index is 12.2. The molecule has 1 N–H and O–H groups in total. The zero-order valence-electron chi connectivity index (χ0n) is 11.8. The van der Waals surface area contributed by atoms with Gasteiger partial charge in [-0.3, -0.25) is 0 Å². The molecule has 0 aromatic heterocycles. The first-order chi connectivity index (χ1) is 9.67. The second-order valence-electron chi connectivity index (χ2n) is 4.31. The van der Waals surface area contributed by atoms with Crippen molar-refractivity contribution in [1.29, 1.82) is 0 Å². The van der Waals surface area contributed by atoms with Crippen molar-refractivity contribution in [2.24, 2.45) is 4.99 Å². The van der Waals surface area contributed by atoms with E-state index in [-0.39, 0.29) is 12.0 Å². The summed E-state index contributed by atoms with van der Waals surface area (Å²) >= 11 is 0. The van der Waals surface area contributed by atoms with Crippen LogP contribution in [0.5, 0.6) is 0 Å². The lowest BCUT2D eigenvalue weighted by Gasteiger charge is -2.24. The highest BCUT2D eigenvalue weighted by Crippen LogP contribution is 2.24. The molecular formula is C15H18N2O3. The number of carbonyl (C=O) groups is 1. The van der Waals surface area contributed by atoms with E-state index in [1.54, 1.807) is 6.92 Å². The van der Waals surface area contributed by atoms with Gasteiger partial charge in [-0.25, -0.2) is 9.79 Å². The van der Waals surface area contributed by atoms with Crippen LogP contribution in [0.15, 0.2) is 40.9 Å². The average molecular weight is 274 g/mol. The zero-order chi connectivity index (χ0) is 14.5. The second-order valence-corrected chi connectivity index (χ2v) is 4.31. The van der Waals surface area contributed by atoms with Gasteiger partial charge in [0, 0.05) is 0 Å². The third kappa shape index (κ3) is 2.82. The smallest absolute Gasteiger partial charge is 0.338 e. The molecule has 5 nitrogen and oxygen atoms in total. The maximum Gasteiger partial charge on any atom is 0.338 e. The van der Waals surface area contributed by atoms with E-state index in [0.717, 1.165) is 5.56 Å². The summed E-state index contributed by atoms with van der Waals surface area (Å²) in [7, 11) is 1.54. The Morgan fingerprint density at radius 2 is 2.05 bits per heavy atom. The van der Waals surface area contributed by atoms with Crippen molar-refractivity contribution in [3.63, 3.8) is 0 Å². The van der Waals surface area contributed by atoms with Gasteiger partial charge in [0.25, 0.3) is 6.02 Å². The summed E-state index contributed by atoms with van der Waals surface area (Å²) in [6.45, 7) is 3.96. The SMILES string of the molecule is CCOC(=O)C1=C(c2ccccc2)NC(OC)=NC1C. The van der Waals surface area contributed by atoms with E-state index in [0.29, 0.717) is 23.9 Å². The summed E-state index contributed by atoms with van der Waals surface area (Å²) in [5.41, 5.74) is 2.09. The third-order valence-electron chi connectivity index (χ3n) is 2.98. The predicted molar refractivity (Wildman–Crippen MR) is 77.0 cm³/mol. The molecule has 0 amide bonds. The first-order valence-corrected chi connectivity index (χ1v) is 6.52. The van der Waals surface area contributed by atoms with Crippen LogP contribution in [-0.4, -0.2) is 31.7 Å². The molecule has 0 saturated carbocycles. The monoisotopic (exact) mass is 274 g/mol. The first-order valence-electron chi connectivity index (χ1n) is 6.52. The molecule has 0 fully saturated rings. The molecule has 0 aliphatic carbocycles. The molecule has 1 unspecified atom stereocenters. The van der Waals surface area contributed by atoms with E-state index in [4.69, 9.17) is 9.47 Å². The minimum absolute atomic E-state index is 0.319. The van der Waals surface area contributed by atoms with Gasteiger partial charge in [-0.1, -0.05) is 30.3 Å². The second kappa shape index (κ2) is 6.23. The fraction of sp³-hybridized carbons (Fsp3) is 0.333. The van der Waals surface area contributed by atoms with Crippen LogP contribution in [0.1, 0.15) is 19.4 Å². The number of hydrogen-bond acceptors (Lipinski definition) is 5. The lowest BCUT2D eigenvalue weighted by atomic mass is 10.00. The number of methoxy groups -OCH3 is 1. The highest BCUT2D eigenvalue weighted by molar-refractivity contribution is 6.03. The Labute approximate surface area is 118 Å². The summed E-state index contributed by atoms with van der Waals surface area (Å²) in [5, 5.41) is 3.05. The van der Waals surface area contributed by atoms with Gasteiger partial charge in [-0.15, -0.1) is 0 Å². The molecule has 106 valence electrons. The minimum atomic E-state index is -0.356. The normalized spacial score (nSPS) is 18.1. The molecule has 0 saturated heterocycles. The summed E-state index contributed by atoms with van der Waals surface area (Å²) in [5.74, 6) is -0.356. The van der Waals surface area contributed by atoms with E-state index in [1.807, 2.05) is 37.3 Å². The molecule has 1 aliphatic rings. The fourth-order valence-electron chi connectivity index (χ4n) is 2.07. The third-order valence-corrected chi connectivity index (χ3v) is 2.98. The molecule has 1 aromatic carbocycles. The number of nitrogens with zero attached hydrogens (tertiary/aromatic N) is 1. The number of benzene rings is 1. The van der Waals surface area contributed by atoms with Crippen LogP contribution in [0, 0.1) is 0 Å². The van der Waals surface area contributed by atoms with Gasteiger partial charge in [-0.2, -0.15) is 0 Å². The van der Waals surface area contributed by atoms with E-state index in [9.17, 15) is 4.79 Å². The van der Waals surface area contributed by atoms with Crippen molar-refractivity contribution < 1.29 is 14.3 Å². The van der Waals surface area contributed by atoms with E-state index in [2.05, 4.69) is 10.3 Å². The average Bonchev–Trinajstić information content (AvgIpc) is 2.47. The van der Waals surface area contributed by atoms with Gasteiger partial charge in [0.05, 0.1) is 31.0 Å². The molecule has 20 heavy (non-hydrogen) atoms. The summed E-state index contributed by atoms with van der Waals surface area (Å²) in [4.78, 5) is 16.4. The molecule has 2 rings (SSSR count). The van der Waals surface area contributed by atoms with Gasteiger partial charge < -0.3 is 14.8 Å². The number of amidine groups is 1. The van der Waals surface area contributed by atoms with Crippen LogP contribution in [0.3, 0.4) is 0 Å². The van der Waals surface area contributed by atoms with Crippen molar-refractivity contribution in [2.75, 3.05) is 13.7 Å². The Bertz CT molecular complexity index is 549. The Hall–Kier alpha value is -2.30. The Morgan fingerprint density at radius 1 is 1.35 bits per heavy atom. The van der Waals surface area contributed by atoms with Crippen LogP contribution in [0.25, 0.3) is 5.70 Å². The minimum Gasteiger partial charge on any atom is -0.468 e. The number of hydrogen-bond donors (Lipinski definition) is 1. The van der Waals surface area contributed by atoms with Crippen LogP contribution >= 0.6 is 0 Å². The molecule has 1 atom stereocenters. The number of ether oxygens (including phenoxy) is 2. The van der Waals surface area contributed by atoms with Gasteiger partial charge in [0.1, 0.15) is 0 Å². The van der Waals surface area contributed by atoms with Gasteiger partial charge in [-0.05, 0) is 19.4 Å². The van der Waals surface area contributed by atoms with Crippen molar-refractivity contribution in [2.45, 2.75) is 19.9 Å². The molecule has 0 bridgehead atoms. The Morgan fingerprint density at radius 3 is 2.65 bits per heavy atom. The van der Waals surface area contributed by atoms with Crippen LogP contribution in [0.4, 0.5) is 0 Å². The van der Waals surface area contributed by atoms with E-state index >= 15 is 0 Å². The molecule has 1 aromatic rings. The number of carbonyl (C=O) groups excluding carboxylic acids is 1. The standard InChI is InChI=1S/C15H18N2O3/c1-4-20-14(18)12-10(2)16-15(19-3)17-13(12)11-8-6-5-7-9-11/h5-10H,4H2,1-3H3,(H,16,17). The number of aliphatic imine (C=N–C) groups is 1. The first kappa shape index (κ1) is 14.1. The predicted octanol–water partition coefficient (Wildman–Crippen LogP) is 1.95. The topological polar surface area (TPSA) is 59.9 Å². The van der Waals surface area contributed by atoms with Gasteiger partial charge in [0.15, 0.2) is 0 Å². The largest absolute Gasteiger partial charge is 0.468 e. The summed E-state index contributed by atoms with van der Waals surface area (Å²) < 4.78 is 10.3. The van der Waals surface area contributed by atoms with E-state index < -0.39 is 0 Å². The van der Waals surface area contributed by atoms with Crippen LogP contribution in [0.2, 0.25) is 0 Å². The zero-order valence-corrected chi connectivity index (χ0v) is 11.8. The number of nitrogens with one attached hydrogen (secondary N) is 1. The summed E-state index contributed by atoms with van der Waals surface area (Å²) in [6.07, 6.45) is 0. The summed E-state index contributed by atoms with van der Waals surface area (Å²) in [6, 6.07) is 9.67. The molecule has 1 heterocycles. The van der Waals surface area contributed by atoms with Crippen molar-refractivity contribution >= 4 is 17.7 Å². The van der Waals surface area contributed by atoms with Crippen LogP contribution < -0.4 is 5.32 Å². The molecule has 0 spiro atoms. The molecule has 1 aliphatic heterocycles. The van der Waals surface area contributed by atoms with Crippen molar-refractivity contribution in [3.8, 4) is 0 Å². The van der Waals surface area contributed by atoms with Crippen molar-refractivity contribution in [3.05, 3.63) is 41.5 Å². The number of esters is 1.